The molecule has 1 atom stereocenters. The van der Waals surface area contributed by atoms with E-state index in [9.17, 15) is 9.59 Å². The zero-order valence-electron chi connectivity index (χ0n) is 21.2. The molecular formula is C30H26N2O3S3. The molecule has 0 aliphatic carbocycles. The third-order valence-corrected chi connectivity index (χ3v) is 8.77. The predicted molar refractivity (Wildman–Crippen MR) is 156 cm³/mol. The van der Waals surface area contributed by atoms with E-state index in [1.807, 2.05) is 97.5 Å². The number of hydrogen-bond acceptors (Lipinski definition) is 7. The van der Waals surface area contributed by atoms with E-state index in [-0.39, 0.29) is 12.2 Å². The molecule has 1 aliphatic heterocycles. The number of aromatic nitrogens is 1. The van der Waals surface area contributed by atoms with E-state index >= 15 is 0 Å². The van der Waals surface area contributed by atoms with E-state index in [2.05, 4.69) is 0 Å². The minimum Gasteiger partial charge on any atom is -0.457 e. The Hall–Kier alpha value is -3.33. The second-order valence-electron chi connectivity index (χ2n) is 8.69. The van der Waals surface area contributed by atoms with Gasteiger partial charge in [0, 0.05) is 9.79 Å². The molecule has 8 heteroatoms. The van der Waals surface area contributed by atoms with Crippen molar-refractivity contribution in [3.8, 4) is 0 Å². The van der Waals surface area contributed by atoms with Gasteiger partial charge in [-0.1, -0.05) is 65.9 Å². The smallest absolute Gasteiger partial charge is 0.338 e. The van der Waals surface area contributed by atoms with Crippen LogP contribution in [-0.4, -0.2) is 23.0 Å². The van der Waals surface area contributed by atoms with E-state index in [0.29, 0.717) is 20.6 Å². The Morgan fingerprint density at radius 1 is 0.974 bits per heavy atom. The van der Waals surface area contributed by atoms with Crippen molar-refractivity contribution in [3.05, 3.63) is 127 Å². The van der Waals surface area contributed by atoms with Crippen LogP contribution in [-0.2, 0) is 16.1 Å². The minimum absolute atomic E-state index is 0.144. The number of fused-ring (bicyclic) bond motifs is 1. The Kier molecular flexibility index (Phi) is 8.02. The molecule has 5 nitrogen and oxygen atoms in total. The van der Waals surface area contributed by atoms with Crippen LogP contribution in [0.3, 0.4) is 0 Å². The van der Waals surface area contributed by atoms with Gasteiger partial charge in [-0.25, -0.2) is 9.79 Å². The van der Waals surface area contributed by atoms with Gasteiger partial charge in [0.1, 0.15) is 6.61 Å². The van der Waals surface area contributed by atoms with Gasteiger partial charge in [0.25, 0.3) is 5.56 Å². The third-order valence-electron chi connectivity index (χ3n) is 6.30. The maximum absolute atomic E-state index is 13.8. The standard InChI is InChI=1S/C30H26N2O3S3/c1-19-26(29(34)35-18-21-7-5-4-6-8-21)27(22-11-15-24(37-3)16-12-22)32-28(33)25(38-30(32)31-19)17-20-9-13-23(36-2)14-10-20/h4-17,27H,18H2,1-3H3/b25-17-. The lowest BCUT2D eigenvalue weighted by Gasteiger charge is -2.25. The number of rotatable bonds is 7. The fraction of sp³-hybridized carbons (Fsp3) is 0.167. The molecular weight excluding hydrogens is 533 g/mol. The normalized spacial score (nSPS) is 15.2. The first-order chi connectivity index (χ1) is 18.5. The molecule has 0 amide bonds. The van der Waals surface area contributed by atoms with Gasteiger partial charge >= 0.3 is 5.97 Å². The first-order valence-corrected chi connectivity index (χ1v) is 15.3. The van der Waals surface area contributed by atoms with Crippen molar-refractivity contribution < 1.29 is 9.53 Å². The summed E-state index contributed by atoms with van der Waals surface area (Å²) in [5.74, 6) is -0.476. The number of ether oxygens (including phenoxy) is 1. The fourth-order valence-corrected chi connectivity index (χ4v) is 6.20. The average molecular weight is 559 g/mol. The lowest BCUT2D eigenvalue weighted by molar-refractivity contribution is -0.140. The van der Waals surface area contributed by atoms with Crippen LogP contribution in [0.15, 0.2) is 110 Å². The van der Waals surface area contributed by atoms with Crippen LogP contribution >= 0.6 is 34.9 Å². The van der Waals surface area contributed by atoms with E-state index in [4.69, 9.17) is 9.73 Å². The number of benzene rings is 3. The summed E-state index contributed by atoms with van der Waals surface area (Å²) >= 11 is 4.64. The van der Waals surface area contributed by atoms with Gasteiger partial charge in [-0.15, -0.1) is 23.5 Å². The lowest BCUT2D eigenvalue weighted by Crippen LogP contribution is -2.39. The van der Waals surface area contributed by atoms with Crippen molar-refractivity contribution in [2.24, 2.45) is 4.99 Å². The summed E-state index contributed by atoms with van der Waals surface area (Å²) < 4.78 is 7.93. The summed E-state index contributed by atoms with van der Waals surface area (Å²) in [6.45, 7) is 1.95. The molecule has 0 saturated carbocycles. The van der Waals surface area contributed by atoms with E-state index in [1.165, 1.54) is 11.3 Å². The summed E-state index contributed by atoms with van der Waals surface area (Å²) in [5, 5.41) is 0. The molecule has 1 aromatic heterocycles. The zero-order chi connectivity index (χ0) is 26.6. The van der Waals surface area contributed by atoms with Crippen LogP contribution < -0.4 is 14.9 Å². The molecule has 2 heterocycles. The second kappa shape index (κ2) is 11.6. The Labute approximate surface area is 233 Å². The topological polar surface area (TPSA) is 60.7 Å². The Morgan fingerprint density at radius 2 is 1.61 bits per heavy atom. The van der Waals surface area contributed by atoms with E-state index in [1.54, 1.807) is 35.0 Å². The van der Waals surface area contributed by atoms with Crippen molar-refractivity contribution in [2.75, 3.05) is 12.5 Å². The lowest BCUT2D eigenvalue weighted by atomic mass is 9.96. The molecule has 0 radical (unpaired) electrons. The van der Waals surface area contributed by atoms with Crippen molar-refractivity contribution in [2.45, 2.75) is 29.4 Å². The van der Waals surface area contributed by atoms with Gasteiger partial charge in [0.15, 0.2) is 4.80 Å². The highest BCUT2D eigenvalue weighted by Gasteiger charge is 2.33. The number of carbonyl (C=O) groups excluding carboxylic acids is 1. The Morgan fingerprint density at radius 3 is 2.24 bits per heavy atom. The van der Waals surface area contributed by atoms with Gasteiger partial charge in [-0.05, 0) is 66.5 Å². The molecule has 0 spiro atoms. The minimum atomic E-state index is -0.633. The summed E-state index contributed by atoms with van der Waals surface area (Å²) in [7, 11) is 0. The maximum atomic E-state index is 13.8. The van der Waals surface area contributed by atoms with Gasteiger partial charge in [0.2, 0.25) is 0 Å². The number of hydrogen-bond donors (Lipinski definition) is 0. The quantitative estimate of drug-likeness (QED) is 0.224. The molecule has 4 aromatic rings. The monoisotopic (exact) mass is 558 g/mol. The number of esters is 1. The highest BCUT2D eigenvalue weighted by molar-refractivity contribution is 7.98. The molecule has 192 valence electrons. The van der Waals surface area contributed by atoms with Gasteiger partial charge in [0.05, 0.1) is 21.8 Å². The Balaban J connectivity index is 1.60. The zero-order valence-corrected chi connectivity index (χ0v) is 23.7. The maximum Gasteiger partial charge on any atom is 0.338 e. The Bertz CT molecular complexity index is 1670. The summed E-state index contributed by atoms with van der Waals surface area (Å²) in [6.07, 6.45) is 5.93. The van der Waals surface area contributed by atoms with Crippen molar-refractivity contribution in [3.63, 3.8) is 0 Å². The van der Waals surface area contributed by atoms with Crippen molar-refractivity contribution in [1.82, 2.24) is 4.57 Å². The van der Waals surface area contributed by atoms with Gasteiger partial charge in [-0.3, -0.25) is 9.36 Å². The van der Waals surface area contributed by atoms with Crippen molar-refractivity contribution in [1.29, 1.82) is 0 Å². The molecule has 0 fully saturated rings. The highest BCUT2D eigenvalue weighted by Crippen LogP contribution is 2.32. The average Bonchev–Trinajstić information content (AvgIpc) is 3.26. The SMILES string of the molecule is CSc1ccc(/C=c2\sc3n(c2=O)C(c2ccc(SC)cc2)C(C(=O)OCc2ccccc2)=C(C)N=3)cc1. The molecule has 38 heavy (non-hydrogen) atoms. The fourth-order valence-electron chi connectivity index (χ4n) is 4.34. The van der Waals surface area contributed by atoms with E-state index < -0.39 is 12.0 Å². The van der Waals surface area contributed by atoms with Crippen LogP contribution in [0.1, 0.15) is 29.7 Å². The van der Waals surface area contributed by atoms with Crippen LogP contribution in [0.2, 0.25) is 0 Å². The second-order valence-corrected chi connectivity index (χ2v) is 11.5. The first kappa shape index (κ1) is 26.3. The van der Waals surface area contributed by atoms with Crippen LogP contribution in [0.4, 0.5) is 0 Å². The summed E-state index contributed by atoms with van der Waals surface area (Å²) in [5.41, 5.74) is 3.42. The molecule has 5 rings (SSSR count). The third kappa shape index (κ3) is 5.43. The molecule has 1 aliphatic rings. The number of thioether (sulfide) groups is 2. The first-order valence-electron chi connectivity index (χ1n) is 12.0. The largest absolute Gasteiger partial charge is 0.457 e. The van der Waals surface area contributed by atoms with Gasteiger partial charge in [-0.2, -0.15) is 0 Å². The molecule has 0 saturated heterocycles. The van der Waals surface area contributed by atoms with Gasteiger partial charge < -0.3 is 4.74 Å². The summed E-state index contributed by atoms with van der Waals surface area (Å²) in [6, 6.07) is 24.9. The van der Waals surface area contributed by atoms with E-state index in [0.717, 1.165) is 26.5 Å². The summed E-state index contributed by atoms with van der Waals surface area (Å²) in [4.78, 5) is 34.8. The molecule has 0 bridgehead atoms. The van der Waals surface area contributed by atoms with Crippen LogP contribution in [0, 0.1) is 0 Å². The molecule has 1 unspecified atom stereocenters. The van der Waals surface area contributed by atoms with Crippen molar-refractivity contribution >= 4 is 46.9 Å². The van der Waals surface area contributed by atoms with Crippen LogP contribution in [0.5, 0.6) is 0 Å². The number of allylic oxidation sites excluding steroid dienone is 1. The number of nitrogens with zero attached hydrogens (tertiary/aromatic N) is 2. The molecule has 0 N–H and O–H groups in total. The molecule has 3 aromatic carbocycles. The van der Waals surface area contributed by atoms with Crippen LogP contribution in [0.25, 0.3) is 6.08 Å². The number of carbonyl (C=O) groups is 1. The predicted octanol–water partition coefficient (Wildman–Crippen LogP) is 5.42. The highest BCUT2D eigenvalue weighted by atomic mass is 32.2. The number of thiazole rings is 1.